The van der Waals surface area contributed by atoms with Crippen LogP contribution in [0.2, 0.25) is 0 Å². The first-order valence-corrected chi connectivity index (χ1v) is 8.07. The first-order valence-electron chi connectivity index (χ1n) is 7.19. The van der Waals surface area contributed by atoms with Crippen molar-refractivity contribution in [3.63, 3.8) is 0 Å². The van der Waals surface area contributed by atoms with Gasteiger partial charge >= 0.3 is 6.18 Å². The predicted molar refractivity (Wildman–Crippen MR) is 103 cm³/mol. The van der Waals surface area contributed by atoms with E-state index in [0.717, 1.165) is 17.7 Å². The maximum Gasteiger partial charge on any atom is 0.416 e. The maximum absolute atomic E-state index is 12.5. The average molecular weight is 469 g/mol. The van der Waals surface area contributed by atoms with Crippen LogP contribution in [-0.2, 0) is 19.3 Å². The lowest BCUT2D eigenvalue weighted by Crippen LogP contribution is -2.36. The number of hydrogen-bond donors (Lipinski definition) is 2. The highest BCUT2D eigenvalue weighted by molar-refractivity contribution is 14.0. The van der Waals surface area contributed by atoms with E-state index in [0.29, 0.717) is 25.6 Å². The number of hydrogen-bond acceptors (Lipinski definition) is 2. The molecular weight excluding hydrogens is 450 g/mol. The number of aliphatic imine (C=N–C) groups is 1. The van der Waals surface area contributed by atoms with E-state index < -0.39 is 11.7 Å². The van der Waals surface area contributed by atoms with Crippen molar-refractivity contribution in [2.24, 2.45) is 4.99 Å². The van der Waals surface area contributed by atoms with Crippen molar-refractivity contribution in [2.75, 3.05) is 6.54 Å². The molecule has 0 aliphatic heterocycles. The first kappa shape index (κ1) is 20.8. The fraction of sp³-hybridized carbons (Fsp3) is 0.312. The molecule has 2 N–H and O–H groups in total. The van der Waals surface area contributed by atoms with Crippen molar-refractivity contribution >= 4 is 41.3 Å². The van der Waals surface area contributed by atoms with Gasteiger partial charge in [-0.2, -0.15) is 13.2 Å². The molecule has 2 rings (SSSR count). The first-order chi connectivity index (χ1) is 11.0. The highest BCUT2D eigenvalue weighted by atomic mass is 127. The maximum atomic E-state index is 12.5. The SMILES string of the molecule is CCNC(=NCc1ccc(C(F)(F)F)cc1)NCc1cccs1.I. The van der Waals surface area contributed by atoms with Gasteiger partial charge in [0.15, 0.2) is 5.96 Å². The van der Waals surface area contributed by atoms with Crippen LogP contribution < -0.4 is 10.6 Å². The molecule has 0 aliphatic carbocycles. The Kier molecular flexibility index (Phi) is 8.54. The number of alkyl halides is 3. The van der Waals surface area contributed by atoms with Crippen LogP contribution >= 0.6 is 35.3 Å². The summed E-state index contributed by atoms with van der Waals surface area (Å²) in [5.41, 5.74) is 0.0827. The summed E-state index contributed by atoms with van der Waals surface area (Å²) in [6, 6.07) is 9.07. The largest absolute Gasteiger partial charge is 0.416 e. The van der Waals surface area contributed by atoms with Gasteiger partial charge in [-0.25, -0.2) is 4.99 Å². The molecule has 0 saturated carbocycles. The van der Waals surface area contributed by atoms with E-state index in [4.69, 9.17) is 0 Å². The summed E-state index contributed by atoms with van der Waals surface area (Å²) in [6.07, 6.45) is -4.31. The minimum absolute atomic E-state index is 0. The van der Waals surface area contributed by atoms with Crippen molar-refractivity contribution in [1.82, 2.24) is 10.6 Å². The molecule has 3 nitrogen and oxygen atoms in total. The Morgan fingerprint density at radius 1 is 1.12 bits per heavy atom. The Balaban J connectivity index is 0.00000288. The number of nitrogens with zero attached hydrogens (tertiary/aromatic N) is 1. The third kappa shape index (κ3) is 6.68. The molecule has 1 heterocycles. The van der Waals surface area contributed by atoms with Crippen molar-refractivity contribution < 1.29 is 13.2 Å². The van der Waals surface area contributed by atoms with Crippen LogP contribution in [0.25, 0.3) is 0 Å². The van der Waals surface area contributed by atoms with Gasteiger partial charge in [-0.15, -0.1) is 35.3 Å². The number of nitrogens with one attached hydrogen (secondary N) is 2. The van der Waals surface area contributed by atoms with Gasteiger partial charge < -0.3 is 10.6 Å². The zero-order chi connectivity index (χ0) is 16.7. The highest BCUT2D eigenvalue weighted by Gasteiger charge is 2.29. The normalized spacial score (nSPS) is 11.8. The molecule has 0 amide bonds. The van der Waals surface area contributed by atoms with Gasteiger partial charge in [0.2, 0.25) is 0 Å². The number of thiophene rings is 1. The minimum atomic E-state index is -4.31. The summed E-state index contributed by atoms with van der Waals surface area (Å²) >= 11 is 1.65. The summed E-state index contributed by atoms with van der Waals surface area (Å²) in [7, 11) is 0. The molecule has 2 aromatic rings. The second-order valence-electron chi connectivity index (χ2n) is 4.82. The van der Waals surface area contributed by atoms with Gasteiger partial charge in [-0.1, -0.05) is 18.2 Å². The second kappa shape index (κ2) is 9.87. The third-order valence-corrected chi connectivity index (χ3v) is 3.93. The number of rotatable bonds is 5. The summed E-state index contributed by atoms with van der Waals surface area (Å²) in [5, 5.41) is 8.32. The van der Waals surface area contributed by atoms with Crippen LogP contribution in [0.15, 0.2) is 46.8 Å². The van der Waals surface area contributed by atoms with Gasteiger partial charge in [0, 0.05) is 11.4 Å². The van der Waals surface area contributed by atoms with Gasteiger partial charge in [-0.05, 0) is 36.1 Å². The fourth-order valence-electron chi connectivity index (χ4n) is 1.90. The average Bonchev–Trinajstić information content (AvgIpc) is 3.03. The van der Waals surface area contributed by atoms with Crippen LogP contribution in [0.5, 0.6) is 0 Å². The molecule has 24 heavy (non-hydrogen) atoms. The van der Waals surface area contributed by atoms with Crippen LogP contribution in [-0.4, -0.2) is 12.5 Å². The summed E-state index contributed by atoms with van der Waals surface area (Å²) < 4.78 is 37.6. The van der Waals surface area contributed by atoms with E-state index in [1.807, 2.05) is 24.4 Å². The molecule has 0 atom stereocenters. The third-order valence-electron chi connectivity index (χ3n) is 3.06. The lowest BCUT2D eigenvalue weighted by molar-refractivity contribution is -0.137. The molecule has 0 radical (unpaired) electrons. The van der Waals surface area contributed by atoms with E-state index in [-0.39, 0.29) is 24.0 Å². The number of benzene rings is 1. The van der Waals surface area contributed by atoms with E-state index in [9.17, 15) is 13.2 Å². The van der Waals surface area contributed by atoms with Gasteiger partial charge in [-0.3, -0.25) is 0 Å². The molecule has 0 spiro atoms. The molecule has 0 bridgehead atoms. The lowest BCUT2D eigenvalue weighted by atomic mass is 10.1. The van der Waals surface area contributed by atoms with Crippen molar-refractivity contribution in [3.05, 3.63) is 57.8 Å². The van der Waals surface area contributed by atoms with E-state index >= 15 is 0 Å². The molecule has 0 fully saturated rings. The van der Waals surface area contributed by atoms with Crippen LogP contribution in [0.4, 0.5) is 13.2 Å². The zero-order valence-corrected chi connectivity index (χ0v) is 16.2. The summed E-state index contributed by atoms with van der Waals surface area (Å²) in [5.74, 6) is 0.640. The Bertz CT molecular complexity index is 625. The molecule has 8 heteroatoms. The second-order valence-corrected chi connectivity index (χ2v) is 5.86. The van der Waals surface area contributed by atoms with Gasteiger partial charge in [0.05, 0.1) is 18.7 Å². The predicted octanol–water partition coefficient (Wildman–Crippen LogP) is 4.64. The number of guanidine groups is 1. The fourth-order valence-corrected chi connectivity index (χ4v) is 2.54. The molecule has 1 aromatic carbocycles. The van der Waals surface area contributed by atoms with Crippen LogP contribution in [0.1, 0.15) is 22.9 Å². The molecule has 0 unspecified atom stereocenters. The highest BCUT2D eigenvalue weighted by Crippen LogP contribution is 2.29. The quantitative estimate of drug-likeness (QED) is 0.381. The van der Waals surface area contributed by atoms with E-state index in [1.165, 1.54) is 17.0 Å². The topological polar surface area (TPSA) is 36.4 Å². The molecule has 0 saturated heterocycles. The Hall–Kier alpha value is -1.29. The monoisotopic (exact) mass is 469 g/mol. The summed E-state index contributed by atoms with van der Waals surface area (Å²) in [4.78, 5) is 5.58. The summed E-state index contributed by atoms with van der Waals surface area (Å²) in [6.45, 7) is 3.65. The number of halogens is 4. The van der Waals surface area contributed by atoms with E-state index in [1.54, 1.807) is 11.3 Å². The smallest absolute Gasteiger partial charge is 0.357 e. The van der Waals surface area contributed by atoms with Crippen LogP contribution in [0.3, 0.4) is 0 Å². The lowest BCUT2D eigenvalue weighted by Gasteiger charge is -2.11. The minimum Gasteiger partial charge on any atom is -0.357 e. The van der Waals surface area contributed by atoms with Gasteiger partial charge in [0.25, 0.3) is 0 Å². The Morgan fingerprint density at radius 2 is 1.83 bits per heavy atom. The van der Waals surface area contributed by atoms with Crippen LogP contribution in [0, 0.1) is 0 Å². The van der Waals surface area contributed by atoms with Gasteiger partial charge in [0.1, 0.15) is 0 Å². The standard InChI is InChI=1S/C16H18F3N3S.HI/c1-2-20-15(22-11-14-4-3-9-23-14)21-10-12-5-7-13(8-6-12)16(17,18)19;/h3-9H,2,10-11H2,1H3,(H2,20,21,22);1H. The molecule has 1 aromatic heterocycles. The molecule has 0 aliphatic rings. The van der Waals surface area contributed by atoms with E-state index in [2.05, 4.69) is 15.6 Å². The van der Waals surface area contributed by atoms with Crippen molar-refractivity contribution in [1.29, 1.82) is 0 Å². The zero-order valence-electron chi connectivity index (χ0n) is 13.1. The molecule has 132 valence electrons. The Labute approximate surface area is 160 Å². The van der Waals surface area contributed by atoms with Crippen molar-refractivity contribution in [2.45, 2.75) is 26.2 Å². The Morgan fingerprint density at radius 3 is 2.38 bits per heavy atom. The van der Waals surface area contributed by atoms with Crippen molar-refractivity contribution in [3.8, 4) is 0 Å². The molecular formula is C16H19F3IN3S.